The van der Waals surface area contributed by atoms with Gasteiger partial charge in [-0.05, 0) is 31.4 Å². The molecule has 1 aromatic heterocycles. The predicted molar refractivity (Wildman–Crippen MR) is 80.1 cm³/mol. The molecule has 0 radical (unpaired) electrons. The summed E-state index contributed by atoms with van der Waals surface area (Å²) >= 11 is 0. The third-order valence-corrected chi connectivity index (χ3v) is 4.51. The van der Waals surface area contributed by atoms with E-state index < -0.39 is 0 Å². The van der Waals surface area contributed by atoms with Crippen molar-refractivity contribution < 1.29 is 9.21 Å². The van der Waals surface area contributed by atoms with Crippen LogP contribution >= 0.6 is 0 Å². The number of nitrogens with zero attached hydrogens (tertiary/aromatic N) is 3. The Morgan fingerprint density at radius 2 is 2.00 bits per heavy atom. The van der Waals surface area contributed by atoms with E-state index in [0.717, 1.165) is 56.5 Å². The molecule has 1 amide bonds. The number of amides is 1. The molecule has 2 aliphatic rings. The number of rotatable bonds is 2. The summed E-state index contributed by atoms with van der Waals surface area (Å²) in [5.74, 6) is 0.407. The van der Waals surface area contributed by atoms with Crippen LogP contribution in [0.2, 0.25) is 0 Å². The average Bonchev–Trinajstić information content (AvgIpc) is 3.24. The second-order valence-corrected chi connectivity index (χ2v) is 5.93. The van der Waals surface area contributed by atoms with Crippen LogP contribution in [0.3, 0.4) is 0 Å². The van der Waals surface area contributed by atoms with Gasteiger partial charge < -0.3 is 14.2 Å². The van der Waals surface area contributed by atoms with E-state index in [-0.39, 0.29) is 5.92 Å². The van der Waals surface area contributed by atoms with Crippen molar-refractivity contribution in [1.29, 1.82) is 0 Å². The minimum atomic E-state index is 0.0955. The first-order chi connectivity index (χ1) is 10.3. The van der Waals surface area contributed by atoms with Crippen LogP contribution in [0, 0.1) is 5.92 Å². The minimum Gasteiger partial charge on any atom is -0.423 e. The highest BCUT2D eigenvalue weighted by molar-refractivity contribution is 5.80. The van der Waals surface area contributed by atoms with Crippen LogP contribution in [0.4, 0.5) is 6.01 Å². The molecule has 2 fully saturated rings. The summed E-state index contributed by atoms with van der Waals surface area (Å²) in [6.07, 6.45) is 3.19. The second-order valence-electron chi connectivity index (χ2n) is 5.93. The number of hydrogen-bond donors (Lipinski definition) is 0. The molecule has 5 heteroatoms. The lowest BCUT2D eigenvalue weighted by Crippen LogP contribution is -2.35. The Hall–Kier alpha value is -2.04. The van der Waals surface area contributed by atoms with Crippen LogP contribution in [0.5, 0.6) is 0 Å². The molecule has 0 N–H and O–H groups in total. The van der Waals surface area contributed by atoms with E-state index in [4.69, 9.17) is 4.42 Å². The number of fused-ring (bicyclic) bond motifs is 1. The number of para-hydroxylation sites is 2. The van der Waals surface area contributed by atoms with Crippen LogP contribution < -0.4 is 4.90 Å². The van der Waals surface area contributed by atoms with Crippen molar-refractivity contribution >= 4 is 23.0 Å². The highest BCUT2D eigenvalue weighted by Crippen LogP contribution is 2.28. The molecule has 3 heterocycles. The number of carbonyl (C=O) groups excluding carboxylic acids is 1. The van der Waals surface area contributed by atoms with Gasteiger partial charge in [0.2, 0.25) is 5.91 Å². The SMILES string of the molecule is O=C(C1CCN(c2nc3ccccc3o2)C1)N1CCCC1. The first-order valence-corrected chi connectivity index (χ1v) is 7.70. The lowest BCUT2D eigenvalue weighted by atomic mass is 10.1. The molecule has 110 valence electrons. The fraction of sp³-hybridized carbons (Fsp3) is 0.500. The Balaban J connectivity index is 1.49. The lowest BCUT2D eigenvalue weighted by molar-refractivity contribution is -0.133. The van der Waals surface area contributed by atoms with Gasteiger partial charge in [-0.15, -0.1) is 0 Å². The van der Waals surface area contributed by atoms with Crippen LogP contribution in [-0.4, -0.2) is 42.0 Å². The fourth-order valence-electron chi connectivity index (χ4n) is 3.33. The van der Waals surface area contributed by atoms with Gasteiger partial charge in [-0.25, -0.2) is 0 Å². The third kappa shape index (κ3) is 2.26. The topological polar surface area (TPSA) is 49.6 Å². The molecule has 1 unspecified atom stereocenters. The maximum atomic E-state index is 12.4. The van der Waals surface area contributed by atoms with Gasteiger partial charge in [0.25, 0.3) is 6.01 Å². The highest BCUT2D eigenvalue weighted by Gasteiger charge is 2.34. The number of hydrogen-bond acceptors (Lipinski definition) is 4. The standard InChI is InChI=1S/C16H19N3O2/c20-15(18-8-3-4-9-18)12-7-10-19(11-12)16-17-13-5-1-2-6-14(13)21-16/h1-2,5-6,12H,3-4,7-11H2. The van der Waals surface area contributed by atoms with E-state index in [1.807, 2.05) is 29.2 Å². The Morgan fingerprint density at radius 1 is 1.19 bits per heavy atom. The van der Waals surface area contributed by atoms with Crippen molar-refractivity contribution in [3.05, 3.63) is 24.3 Å². The first kappa shape index (κ1) is 12.7. The first-order valence-electron chi connectivity index (χ1n) is 7.70. The lowest BCUT2D eigenvalue weighted by Gasteiger charge is -2.20. The number of likely N-dealkylation sites (tertiary alicyclic amines) is 1. The van der Waals surface area contributed by atoms with Crippen LogP contribution in [0.25, 0.3) is 11.1 Å². The van der Waals surface area contributed by atoms with Gasteiger partial charge >= 0.3 is 0 Å². The molecule has 5 nitrogen and oxygen atoms in total. The molecule has 4 rings (SSSR count). The third-order valence-electron chi connectivity index (χ3n) is 4.51. The summed E-state index contributed by atoms with van der Waals surface area (Å²) in [6, 6.07) is 8.42. The van der Waals surface area contributed by atoms with Crippen LogP contribution in [0.1, 0.15) is 19.3 Å². The van der Waals surface area contributed by atoms with E-state index in [1.165, 1.54) is 0 Å². The summed E-state index contributed by atoms with van der Waals surface area (Å²) in [5.41, 5.74) is 1.68. The largest absolute Gasteiger partial charge is 0.423 e. The molecule has 0 spiro atoms. The number of aromatic nitrogens is 1. The van der Waals surface area contributed by atoms with E-state index in [9.17, 15) is 4.79 Å². The van der Waals surface area contributed by atoms with Crippen molar-refractivity contribution in [1.82, 2.24) is 9.88 Å². The molecule has 2 aromatic rings. The number of benzene rings is 1. The van der Waals surface area contributed by atoms with E-state index in [1.54, 1.807) is 0 Å². The van der Waals surface area contributed by atoms with E-state index >= 15 is 0 Å². The minimum absolute atomic E-state index is 0.0955. The molecule has 0 saturated carbocycles. The van der Waals surface area contributed by atoms with Crippen molar-refractivity contribution in [2.24, 2.45) is 5.92 Å². The summed E-state index contributed by atoms with van der Waals surface area (Å²) in [5, 5.41) is 0. The maximum absolute atomic E-state index is 12.4. The Bertz CT molecular complexity index is 627. The monoisotopic (exact) mass is 285 g/mol. The highest BCUT2D eigenvalue weighted by atomic mass is 16.4. The zero-order valence-corrected chi connectivity index (χ0v) is 12.0. The van der Waals surface area contributed by atoms with Gasteiger partial charge in [0, 0.05) is 26.2 Å². The van der Waals surface area contributed by atoms with E-state index in [0.29, 0.717) is 11.9 Å². The summed E-state index contributed by atoms with van der Waals surface area (Å²) in [7, 11) is 0. The normalized spacial score (nSPS) is 22.4. The van der Waals surface area contributed by atoms with E-state index in [2.05, 4.69) is 9.88 Å². The van der Waals surface area contributed by atoms with Gasteiger partial charge in [0.15, 0.2) is 5.58 Å². The molecule has 0 bridgehead atoms. The molecule has 0 aliphatic carbocycles. The number of carbonyl (C=O) groups is 1. The molecule has 21 heavy (non-hydrogen) atoms. The van der Waals surface area contributed by atoms with Crippen LogP contribution in [0.15, 0.2) is 28.7 Å². The summed E-state index contributed by atoms with van der Waals surface area (Å²) in [4.78, 5) is 21.1. The Morgan fingerprint density at radius 3 is 2.81 bits per heavy atom. The number of oxazole rings is 1. The molecule has 2 saturated heterocycles. The van der Waals surface area contributed by atoms with Crippen molar-refractivity contribution in [2.45, 2.75) is 19.3 Å². The van der Waals surface area contributed by atoms with Crippen molar-refractivity contribution in [2.75, 3.05) is 31.1 Å². The average molecular weight is 285 g/mol. The van der Waals surface area contributed by atoms with Gasteiger partial charge in [-0.3, -0.25) is 4.79 Å². The van der Waals surface area contributed by atoms with Gasteiger partial charge in [-0.1, -0.05) is 12.1 Å². The molecule has 1 atom stereocenters. The second kappa shape index (κ2) is 5.06. The molecule has 1 aromatic carbocycles. The summed E-state index contributed by atoms with van der Waals surface area (Å²) < 4.78 is 5.80. The van der Waals surface area contributed by atoms with Gasteiger partial charge in [0.05, 0.1) is 5.92 Å². The predicted octanol–water partition coefficient (Wildman–Crippen LogP) is 2.28. The van der Waals surface area contributed by atoms with Crippen molar-refractivity contribution in [3.63, 3.8) is 0 Å². The van der Waals surface area contributed by atoms with Gasteiger partial charge in [-0.2, -0.15) is 4.98 Å². The summed E-state index contributed by atoms with van der Waals surface area (Å²) in [6.45, 7) is 3.43. The van der Waals surface area contributed by atoms with Crippen molar-refractivity contribution in [3.8, 4) is 0 Å². The van der Waals surface area contributed by atoms with Gasteiger partial charge in [0.1, 0.15) is 5.52 Å². The molecular weight excluding hydrogens is 266 g/mol. The Kier molecular flexibility index (Phi) is 3.05. The maximum Gasteiger partial charge on any atom is 0.298 e. The smallest absolute Gasteiger partial charge is 0.298 e. The Labute approximate surface area is 123 Å². The molecular formula is C16H19N3O2. The zero-order chi connectivity index (χ0) is 14.2. The fourth-order valence-corrected chi connectivity index (χ4v) is 3.33. The number of anilines is 1. The molecule has 2 aliphatic heterocycles. The van der Waals surface area contributed by atoms with Crippen LogP contribution in [-0.2, 0) is 4.79 Å². The zero-order valence-electron chi connectivity index (χ0n) is 12.0. The quantitative estimate of drug-likeness (QED) is 0.849.